The van der Waals surface area contributed by atoms with Gasteiger partial charge >= 0.3 is 0 Å². The van der Waals surface area contributed by atoms with Gasteiger partial charge in [-0.3, -0.25) is 14.5 Å². The summed E-state index contributed by atoms with van der Waals surface area (Å²) in [6.45, 7) is 7.36. The predicted molar refractivity (Wildman–Crippen MR) is 108 cm³/mol. The fourth-order valence-corrected chi connectivity index (χ4v) is 3.39. The second kappa shape index (κ2) is 11.3. The lowest BCUT2D eigenvalue weighted by molar-refractivity contribution is -0.127. The zero-order valence-corrected chi connectivity index (χ0v) is 16.9. The Morgan fingerprint density at radius 2 is 2.07 bits per heavy atom. The van der Waals surface area contributed by atoms with Gasteiger partial charge in [0.25, 0.3) is 0 Å². The van der Waals surface area contributed by atoms with E-state index in [9.17, 15) is 9.59 Å². The van der Waals surface area contributed by atoms with Gasteiger partial charge in [0.2, 0.25) is 11.8 Å². The second-order valence-corrected chi connectivity index (χ2v) is 7.26. The lowest BCUT2D eigenvalue weighted by Gasteiger charge is -2.34. The van der Waals surface area contributed by atoms with Crippen LogP contribution in [0.15, 0.2) is 24.3 Å². The molecule has 1 aromatic carbocycles. The van der Waals surface area contributed by atoms with Crippen LogP contribution in [0.5, 0.6) is 0 Å². The number of amides is 2. The minimum absolute atomic E-state index is 0.0246. The van der Waals surface area contributed by atoms with E-state index < -0.39 is 0 Å². The lowest BCUT2D eigenvalue weighted by Crippen LogP contribution is -2.48. The zero-order valence-electron chi connectivity index (χ0n) is 16.2. The standard InChI is InChI=1S/C20H30ClN3O3/c1-3-27-13-5-10-22-20(26)16-8-11-24(12-9-16)15(2)19(25)23-18-7-4-6-17(21)14-18/h4,6-7,14-16H,3,5,8-13H2,1-2H3,(H,22,26)(H,23,25). The summed E-state index contributed by atoms with van der Waals surface area (Å²) in [5.41, 5.74) is 0.695. The first-order valence-electron chi connectivity index (χ1n) is 9.67. The van der Waals surface area contributed by atoms with Gasteiger partial charge in [-0.05, 0) is 64.4 Å². The van der Waals surface area contributed by atoms with Crippen LogP contribution in [0.25, 0.3) is 0 Å². The van der Waals surface area contributed by atoms with Gasteiger partial charge in [-0.15, -0.1) is 0 Å². The molecule has 1 aliphatic rings. The number of nitrogens with one attached hydrogen (secondary N) is 2. The average Bonchev–Trinajstić information content (AvgIpc) is 2.67. The van der Waals surface area contributed by atoms with E-state index in [0.717, 1.165) is 32.4 Å². The van der Waals surface area contributed by atoms with Gasteiger partial charge < -0.3 is 15.4 Å². The molecular formula is C20H30ClN3O3. The van der Waals surface area contributed by atoms with E-state index >= 15 is 0 Å². The molecule has 0 saturated carbocycles. The molecule has 0 spiro atoms. The van der Waals surface area contributed by atoms with Gasteiger partial charge in [-0.25, -0.2) is 0 Å². The van der Waals surface area contributed by atoms with Crippen molar-refractivity contribution in [2.45, 2.75) is 39.2 Å². The maximum absolute atomic E-state index is 12.5. The number of rotatable bonds is 9. The lowest BCUT2D eigenvalue weighted by atomic mass is 9.95. The first kappa shape index (κ1) is 21.7. The summed E-state index contributed by atoms with van der Waals surface area (Å²) in [7, 11) is 0. The Bertz CT molecular complexity index is 618. The number of carbonyl (C=O) groups is 2. The van der Waals surface area contributed by atoms with Gasteiger partial charge in [0, 0.05) is 36.4 Å². The number of ether oxygens (including phenoxy) is 1. The molecular weight excluding hydrogens is 366 g/mol. The Morgan fingerprint density at radius 3 is 2.74 bits per heavy atom. The average molecular weight is 396 g/mol. The second-order valence-electron chi connectivity index (χ2n) is 6.83. The van der Waals surface area contributed by atoms with Gasteiger partial charge in [-0.1, -0.05) is 17.7 Å². The van der Waals surface area contributed by atoms with Crippen LogP contribution < -0.4 is 10.6 Å². The molecule has 1 heterocycles. The number of halogens is 1. The number of hydrogen-bond donors (Lipinski definition) is 2. The molecule has 7 heteroatoms. The smallest absolute Gasteiger partial charge is 0.241 e. The van der Waals surface area contributed by atoms with Crippen LogP contribution in [-0.4, -0.2) is 55.6 Å². The predicted octanol–water partition coefficient (Wildman–Crippen LogP) is 2.92. The molecule has 2 rings (SSSR count). The van der Waals surface area contributed by atoms with E-state index in [1.165, 1.54) is 0 Å². The van der Waals surface area contributed by atoms with E-state index in [0.29, 0.717) is 30.5 Å². The Kier molecular flexibility index (Phi) is 9.04. The largest absolute Gasteiger partial charge is 0.382 e. The molecule has 27 heavy (non-hydrogen) atoms. The van der Waals surface area contributed by atoms with Gasteiger partial charge in [0.1, 0.15) is 0 Å². The summed E-state index contributed by atoms with van der Waals surface area (Å²) >= 11 is 5.96. The molecule has 6 nitrogen and oxygen atoms in total. The Morgan fingerprint density at radius 1 is 1.33 bits per heavy atom. The molecule has 0 aromatic heterocycles. The molecule has 0 radical (unpaired) electrons. The fourth-order valence-electron chi connectivity index (χ4n) is 3.20. The molecule has 1 unspecified atom stereocenters. The number of likely N-dealkylation sites (tertiary alicyclic amines) is 1. The van der Waals surface area contributed by atoms with E-state index in [4.69, 9.17) is 16.3 Å². The Hall–Kier alpha value is -1.63. The monoisotopic (exact) mass is 395 g/mol. The van der Waals surface area contributed by atoms with Crippen molar-refractivity contribution in [1.29, 1.82) is 0 Å². The van der Waals surface area contributed by atoms with Crippen LogP contribution in [0.2, 0.25) is 5.02 Å². The van der Waals surface area contributed by atoms with E-state index in [1.807, 2.05) is 19.9 Å². The van der Waals surface area contributed by atoms with Crippen LogP contribution in [0.1, 0.15) is 33.1 Å². The van der Waals surface area contributed by atoms with E-state index in [1.54, 1.807) is 18.2 Å². The van der Waals surface area contributed by atoms with Crippen LogP contribution in [-0.2, 0) is 14.3 Å². The third kappa shape index (κ3) is 7.13. The molecule has 2 amide bonds. The van der Waals surface area contributed by atoms with Crippen molar-refractivity contribution in [1.82, 2.24) is 10.2 Å². The normalized spacial score (nSPS) is 16.7. The molecule has 1 atom stereocenters. The SMILES string of the molecule is CCOCCCNC(=O)C1CCN(C(C)C(=O)Nc2cccc(Cl)c2)CC1. The van der Waals surface area contributed by atoms with Crippen molar-refractivity contribution >= 4 is 29.1 Å². The Balaban J connectivity index is 1.72. The number of benzene rings is 1. The number of anilines is 1. The van der Waals surface area contributed by atoms with Crippen molar-refractivity contribution in [3.63, 3.8) is 0 Å². The maximum atomic E-state index is 12.5. The molecule has 1 aromatic rings. The molecule has 1 saturated heterocycles. The highest BCUT2D eigenvalue weighted by Gasteiger charge is 2.29. The maximum Gasteiger partial charge on any atom is 0.241 e. The summed E-state index contributed by atoms with van der Waals surface area (Å²) < 4.78 is 5.27. The summed E-state index contributed by atoms with van der Waals surface area (Å²) in [6.07, 6.45) is 2.37. The topological polar surface area (TPSA) is 70.7 Å². The van der Waals surface area contributed by atoms with Crippen molar-refractivity contribution in [3.05, 3.63) is 29.3 Å². The third-order valence-corrected chi connectivity index (χ3v) is 5.12. The quantitative estimate of drug-likeness (QED) is 0.631. The summed E-state index contributed by atoms with van der Waals surface area (Å²) in [5, 5.41) is 6.48. The van der Waals surface area contributed by atoms with Crippen molar-refractivity contribution in [3.8, 4) is 0 Å². The highest BCUT2D eigenvalue weighted by Crippen LogP contribution is 2.20. The van der Waals surface area contributed by atoms with Crippen molar-refractivity contribution < 1.29 is 14.3 Å². The van der Waals surface area contributed by atoms with Crippen molar-refractivity contribution in [2.24, 2.45) is 5.92 Å². The number of carbonyl (C=O) groups excluding carboxylic acids is 2. The highest BCUT2D eigenvalue weighted by atomic mass is 35.5. The molecule has 0 bridgehead atoms. The first-order chi connectivity index (χ1) is 13.0. The molecule has 2 N–H and O–H groups in total. The van der Waals surface area contributed by atoms with Gasteiger partial charge in [0.05, 0.1) is 6.04 Å². The zero-order chi connectivity index (χ0) is 19.6. The van der Waals surface area contributed by atoms with Crippen LogP contribution in [0.3, 0.4) is 0 Å². The molecule has 1 aliphatic heterocycles. The van der Waals surface area contributed by atoms with E-state index in [-0.39, 0.29) is 23.8 Å². The minimum atomic E-state index is -0.251. The van der Waals surface area contributed by atoms with Crippen LogP contribution >= 0.6 is 11.6 Å². The molecule has 150 valence electrons. The van der Waals surface area contributed by atoms with Crippen LogP contribution in [0.4, 0.5) is 5.69 Å². The Labute approximate surface area is 166 Å². The third-order valence-electron chi connectivity index (χ3n) is 4.89. The van der Waals surface area contributed by atoms with Gasteiger partial charge in [-0.2, -0.15) is 0 Å². The van der Waals surface area contributed by atoms with Crippen molar-refractivity contribution in [2.75, 3.05) is 38.2 Å². The number of hydrogen-bond acceptors (Lipinski definition) is 4. The van der Waals surface area contributed by atoms with Crippen LogP contribution in [0, 0.1) is 5.92 Å². The van der Waals surface area contributed by atoms with Gasteiger partial charge in [0.15, 0.2) is 0 Å². The fraction of sp³-hybridized carbons (Fsp3) is 0.600. The number of nitrogens with zero attached hydrogens (tertiary/aromatic N) is 1. The molecule has 1 fully saturated rings. The summed E-state index contributed by atoms with van der Waals surface area (Å²) in [6, 6.07) is 6.88. The summed E-state index contributed by atoms with van der Waals surface area (Å²) in [4.78, 5) is 26.9. The highest BCUT2D eigenvalue weighted by molar-refractivity contribution is 6.30. The molecule has 0 aliphatic carbocycles. The van der Waals surface area contributed by atoms with E-state index in [2.05, 4.69) is 15.5 Å². The first-order valence-corrected chi connectivity index (χ1v) is 10.0. The number of piperidine rings is 1. The summed E-state index contributed by atoms with van der Waals surface area (Å²) in [5.74, 6) is 0.0785. The minimum Gasteiger partial charge on any atom is -0.382 e.